The van der Waals surface area contributed by atoms with E-state index >= 15 is 0 Å². The van der Waals surface area contributed by atoms with E-state index in [0.29, 0.717) is 21.9 Å². The highest BCUT2D eigenvalue weighted by atomic mass is 35.5. The second-order valence-corrected chi connectivity index (χ2v) is 8.36. The van der Waals surface area contributed by atoms with Crippen molar-refractivity contribution < 1.29 is 22.3 Å². The van der Waals surface area contributed by atoms with Crippen LogP contribution in [0.3, 0.4) is 0 Å². The minimum atomic E-state index is -4.08. The third-order valence-corrected chi connectivity index (χ3v) is 5.54. The summed E-state index contributed by atoms with van der Waals surface area (Å²) in [6, 6.07) is 16.6. The number of primary sulfonamides is 1. The molecule has 156 valence electrons. The average molecular weight is 449 g/mol. The Hall–Kier alpha value is -2.94. The van der Waals surface area contributed by atoms with Gasteiger partial charge in [0.25, 0.3) is 0 Å². The van der Waals surface area contributed by atoms with Crippen LogP contribution in [0, 0.1) is 5.82 Å². The summed E-state index contributed by atoms with van der Waals surface area (Å²) in [5.41, 5.74) is 1.21. The van der Waals surface area contributed by atoms with Crippen LogP contribution in [0.25, 0.3) is 0 Å². The molecule has 0 heterocycles. The lowest BCUT2D eigenvalue weighted by molar-refractivity contribution is -0.115. The number of carbonyl (C=O) groups is 1. The van der Waals surface area contributed by atoms with E-state index in [9.17, 15) is 17.6 Å². The van der Waals surface area contributed by atoms with Gasteiger partial charge in [0.2, 0.25) is 15.9 Å². The standard InChI is InChI=1S/C21H18ClFN2O4S/c22-19-4-2-1-3-14(19)11-21(26)25-17-8-5-15(20(12-17)30(24,27)28)13-29-18-9-6-16(23)7-10-18/h1-10,12H,11,13H2,(H,25,26)(H2,24,27,28). The minimum absolute atomic E-state index is 0.0276. The summed E-state index contributed by atoms with van der Waals surface area (Å²) in [6.07, 6.45) is 0.0276. The quantitative estimate of drug-likeness (QED) is 0.572. The predicted molar refractivity (Wildman–Crippen MR) is 112 cm³/mol. The van der Waals surface area contributed by atoms with E-state index in [2.05, 4.69) is 5.32 Å². The van der Waals surface area contributed by atoms with Crippen LogP contribution in [0.1, 0.15) is 11.1 Å². The number of sulfonamides is 1. The van der Waals surface area contributed by atoms with Gasteiger partial charge in [-0.2, -0.15) is 0 Å². The van der Waals surface area contributed by atoms with Gasteiger partial charge in [-0.1, -0.05) is 35.9 Å². The van der Waals surface area contributed by atoms with Crippen molar-refractivity contribution in [3.05, 3.63) is 88.7 Å². The molecular formula is C21H18ClFN2O4S. The van der Waals surface area contributed by atoms with Gasteiger partial charge in [0.15, 0.2) is 0 Å². The maximum absolute atomic E-state index is 13.0. The lowest BCUT2D eigenvalue weighted by Gasteiger charge is -2.13. The molecule has 0 saturated heterocycles. The molecule has 6 nitrogen and oxygen atoms in total. The normalized spacial score (nSPS) is 11.2. The van der Waals surface area contributed by atoms with Crippen LogP contribution in [-0.4, -0.2) is 14.3 Å². The molecule has 3 N–H and O–H groups in total. The van der Waals surface area contributed by atoms with Gasteiger partial charge in [-0.25, -0.2) is 17.9 Å². The smallest absolute Gasteiger partial charge is 0.238 e. The molecule has 9 heteroatoms. The van der Waals surface area contributed by atoms with Gasteiger partial charge in [0, 0.05) is 16.3 Å². The molecule has 3 aromatic rings. The fourth-order valence-electron chi connectivity index (χ4n) is 2.73. The summed E-state index contributed by atoms with van der Waals surface area (Å²) >= 11 is 6.06. The summed E-state index contributed by atoms with van der Waals surface area (Å²) in [7, 11) is -4.08. The maximum Gasteiger partial charge on any atom is 0.238 e. The molecule has 0 aliphatic rings. The van der Waals surface area contributed by atoms with Crippen molar-refractivity contribution in [2.75, 3.05) is 5.32 Å². The van der Waals surface area contributed by atoms with Crippen molar-refractivity contribution in [1.82, 2.24) is 0 Å². The van der Waals surface area contributed by atoms with Gasteiger partial charge in [-0.05, 0) is 48.0 Å². The zero-order valence-corrected chi connectivity index (χ0v) is 17.2. The fourth-order valence-corrected chi connectivity index (χ4v) is 3.71. The van der Waals surface area contributed by atoms with Gasteiger partial charge in [-0.3, -0.25) is 4.79 Å². The van der Waals surface area contributed by atoms with E-state index in [-0.39, 0.29) is 29.5 Å². The molecular weight excluding hydrogens is 431 g/mol. The number of rotatable bonds is 7. The topological polar surface area (TPSA) is 98.5 Å². The van der Waals surface area contributed by atoms with Gasteiger partial charge in [0.05, 0.1) is 11.3 Å². The highest BCUT2D eigenvalue weighted by Gasteiger charge is 2.17. The van der Waals surface area contributed by atoms with Crippen molar-refractivity contribution in [2.45, 2.75) is 17.9 Å². The molecule has 0 atom stereocenters. The van der Waals surface area contributed by atoms with E-state index < -0.39 is 15.8 Å². The molecule has 0 aliphatic heterocycles. The summed E-state index contributed by atoms with van der Waals surface area (Å²) in [6.45, 7) is -0.106. The molecule has 3 rings (SSSR count). The number of nitrogens with two attached hydrogens (primary N) is 1. The van der Waals surface area contributed by atoms with E-state index in [4.69, 9.17) is 21.5 Å². The van der Waals surface area contributed by atoms with Crippen LogP contribution in [0.4, 0.5) is 10.1 Å². The molecule has 1 amide bonds. The number of ether oxygens (including phenoxy) is 1. The minimum Gasteiger partial charge on any atom is -0.489 e. The Kier molecular flexibility index (Phi) is 6.71. The number of hydrogen-bond acceptors (Lipinski definition) is 4. The Morgan fingerprint density at radius 1 is 1.03 bits per heavy atom. The average Bonchev–Trinajstić information content (AvgIpc) is 2.69. The van der Waals surface area contributed by atoms with Crippen molar-refractivity contribution in [3.63, 3.8) is 0 Å². The van der Waals surface area contributed by atoms with Gasteiger partial charge in [-0.15, -0.1) is 0 Å². The Bertz CT molecular complexity index is 1170. The highest BCUT2D eigenvalue weighted by Crippen LogP contribution is 2.23. The molecule has 0 unspecified atom stereocenters. The molecule has 0 aromatic heterocycles. The number of amides is 1. The molecule has 0 spiro atoms. The number of anilines is 1. The number of carbonyl (C=O) groups excluding carboxylic acids is 1. The van der Waals surface area contributed by atoms with E-state index in [1.54, 1.807) is 30.3 Å². The van der Waals surface area contributed by atoms with Crippen LogP contribution in [-0.2, 0) is 27.8 Å². The lowest BCUT2D eigenvalue weighted by atomic mass is 10.1. The van der Waals surface area contributed by atoms with E-state index in [1.165, 1.54) is 36.4 Å². The van der Waals surface area contributed by atoms with E-state index in [0.717, 1.165) is 0 Å². The number of hydrogen-bond donors (Lipinski definition) is 2. The highest BCUT2D eigenvalue weighted by molar-refractivity contribution is 7.89. The number of benzene rings is 3. The molecule has 0 radical (unpaired) electrons. The fraction of sp³-hybridized carbons (Fsp3) is 0.0952. The predicted octanol–water partition coefficient (Wildman–Crippen LogP) is 3.89. The lowest BCUT2D eigenvalue weighted by Crippen LogP contribution is -2.18. The Morgan fingerprint density at radius 2 is 1.73 bits per heavy atom. The second-order valence-electron chi connectivity index (χ2n) is 6.43. The second kappa shape index (κ2) is 9.25. The zero-order valence-electron chi connectivity index (χ0n) is 15.6. The third-order valence-electron chi connectivity index (χ3n) is 4.17. The first-order chi connectivity index (χ1) is 14.2. The Balaban J connectivity index is 1.76. The summed E-state index contributed by atoms with van der Waals surface area (Å²) in [5, 5.41) is 8.43. The molecule has 30 heavy (non-hydrogen) atoms. The summed E-state index contributed by atoms with van der Waals surface area (Å²) in [5.74, 6) is -0.405. The zero-order chi connectivity index (χ0) is 21.7. The largest absolute Gasteiger partial charge is 0.489 e. The third kappa shape index (κ3) is 5.79. The molecule has 0 saturated carbocycles. The Morgan fingerprint density at radius 3 is 2.40 bits per heavy atom. The van der Waals surface area contributed by atoms with Crippen LogP contribution >= 0.6 is 11.6 Å². The Labute approximate surface area is 178 Å². The van der Waals surface area contributed by atoms with Crippen molar-refractivity contribution in [2.24, 2.45) is 5.14 Å². The molecule has 0 bridgehead atoms. The van der Waals surface area contributed by atoms with Crippen LogP contribution in [0.5, 0.6) is 5.75 Å². The van der Waals surface area contributed by atoms with E-state index in [1.807, 2.05) is 0 Å². The molecule has 0 aliphatic carbocycles. The van der Waals surface area contributed by atoms with Gasteiger partial charge < -0.3 is 10.1 Å². The van der Waals surface area contributed by atoms with Crippen molar-refractivity contribution in [3.8, 4) is 5.75 Å². The van der Waals surface area contributed by atoms with Crippen molar-refractivity contribution in [1.29, 1.82) is 0 Å². The van der Waals surface area contributed by atoms with Gasteiger partial charge in [0.1, 0.15) is 18.2 Å². The number of nitrogens with one attached hydrogen (secondary N) is 1. The maximum atomic E-state index is 13.0. The summed E-state index contributed by atoms with van der Waals surface area (Å²) in [4.78, 5) is 12.1. The van der Waals surface area contributed by atoms with Crippen molar-refractivity contribution >= 4 is 33.2 Å². The summed E-state index contributed by atoms with van der Waals surface area (Å²) < 4.78 is 42.5. The number of halogens is 2. The van der Waals surface area contributed by atoms with Crippen LogP contribution in [0.2, 0.25) is 5.02 Å². The first-order valence-corrected chi connectivity index (χ1v) is 10.7. The van der Waals surface area contributed by atoms with Crippen LogP contribution in [0.15, 0.2) is 71.6 Å². The molecule has 3 aromatic carbocycles. The van der Waals surface area contributed by atoms with Crippen LogP contribution < -0.4 is 15.2 Å². The first kappa shape index (κ1) is 21.8. The van der Waals surface area contributed by atoms with Gasteiger partial charge >= 0.3 is 0 Å². The molecule has 0 fully saturated rings. The SMILES string of the molecule is NS(=O)(=O)c1cc(NC(=O)Cc2ccccc2Cl)ccc1COc1ccc(F)cc1. The first-order valence-electron chi connectivity index (χ1n) is 8.80. The monoisotopic (exact) mass is 448 g/mol.